The molecule has 0 spiro atoms. The third kappa shape index (κ3) is 5.10. The Balaban J connectivity index is 1.22. The molecule has 6 rings (SSSR count). The minimum atomic E-state index is -0.0470. The molecular formula is C31H25N3O2S. The largest absolute Gasteiger partial charge is 0.467 e. The Morgan fingerprint density at radius 2 is 1.81 bits per heavy atom. The van der Waals surface area contributed by atoms with E-state index in [4.69, 9.17) is 9.40 Å². The zero-order valence-corrected chi connectivity index (χ0v) is 21.0. The summed E-state index contributed by atoms with van der Waals surface area (Å²) >= 11 is 1.62. The molecule has 0 saturated heterocycles. The van der Waals surface area contributed by atoms with Gasteiger partial charge < -0.3 is 9.32 Å². The third-order valence-electron chi connectivity index (χ3n) is 6.42. The molecule has 6 heteroatoms. The van der Waals surface area contributed by atoms with Gasteiger partial charge in [0.15, 0.2) is 4.96 Å². The Hall–Kier alpha value is -4.42. The predicted octanol–water partition coefficient (Wildman–Crippen LogP) is 7.09. The van der Waals surface area contributed by atoms with E-state index in [1.807, 2.05) is 53.4 Å². The van der Waals surface area contributed by atoms with E-state index in [0.29, 0.717) is 19.5 Å². The van der Waals surface area contributed by atoms with Crippen LogP contribution < -0.4 is 0 Å². The fourth-order valence-corrected chi connectivity index (χ4v) is 5.35. The van der Waals surface area contributed by atoms with E-state index in [9.17, 15) is 4.79 Å². The normalized spacial score (nSPS) is 11.6. The molecule has 5 nitrogen and oxygen atoms in total. The second kappa shape index (κ2) is 10.3. The molecule has 0 atom stereocenters. The van der Waals surface area contributed by atoms with E-state index < -0.39 is 0 Å². The van der Waals surface area contributed by atoms with Crippen molar-refractivity contribution in [1.29, 1.82) is 0 Å². The van der Waals surface area contributed by atoms with E-state index in [1.54, 1.807) is 23.7 Å². The number of nitrogens with zero attached hydrogens (tertiary/aromatic N) is 3. The Morgan fingerprint density at radius 3 is 2.65 bits per heavy atom. The highest BCUT2D eigenvalue weighted by atomic mass is 32.1. The topological polar surface area (TPSA) is 50.8 Å². The van der Waals surface area contributed by atoms with Crippen LogP contribution in [-0.4, -0.2) is 26.7 Å². The third-order valence-corrected chi connectivity index (χ3v) is 7.31. The molecule has 37 heavy (non-hydrogen) atoms. The average molecular weight is 504 g/mol. The van der Waals surface area contributed by atoms with Gasteiger partial charge in [-0.2, -0.15) is 0 Å². The molecular weight excluding hydrogens is 478 g/mol. The highest BCUT2D eigenvalue weighted by molar-refractivity contribution is 7.15. The Bertz CT molecular complexity index is 1680. The Morgan fingerprint density at radius 1 is 0.973 bits per heavy atom. The van der Waals surface area contributed by atoms with Crippen LogP contribution in [0.5, 0.6) is 0 Å². The van der Waals surface area contributed by atoms with Crippen LogP contribution in [0.15, 0.2) is 113 Å². The molecule has 0 aliphatic carbocycles. The van der Waals surface area contributed by atoms with Crippen molar-refractivity contribution in [3.8, 4) is 11.3 Å². The summed E-state index contributed by atoms with van der Waals surface area (Å²) in [6.07, 6.45) is 7.93. The number of fused-ring (bicyclic) bond motifs is 2. The van der Waals surface area contributed by atoms with Gasteiger partial charge in [0, 0.05) is 41.9 Å². The van der Waals surface area contributed by atoms with Crippen LogP contribution in [0, 0.1) is 0 Å². The van der Waals surface area contributed by atoms with Gasteiger partial charge in [-0.3, -0.25) is 9.20 Å². The maximum atomic E-state index is 13.1. The molecule has 0 bridgehead atoms. The minimum absolute atomic E-state index is 0.0470. The van der Waals surface area contributed by atoms with Crippen LogP contribution in [0.1, 0.15) is 17.0 Å². The standard InChI is InChI=1S/C31H25N3O2S/c35-30(15-12-23-7-2-1-3-8-23)33(20-28-11-6-18-36-28)17-16-27-22-37-31-32-29(21-34(27)31)26-14-13-24-9-4-5-10-25(24)19-26/h1-15,18-19,21-22H,16-17,20H2. The molecule has 182 valence electrons. The molecule has 6 aromatic rings. The lowest BCUT2D eigenvalue weighted by molar-refractivity contribution is -0.126. The first kappa shape index (κ1) is 23.0. The highest BCUT2D eigenvalue weighted by Gasteiger charge is 2.16. The first-order valence-corrected chi connectivity index (χ1v) is 13.1. The summed E-state index contributed by atoms with van der Waals surface area (Å²) in [6, 6.07) is 28.4. The molecule has 0 saturated carbocycles. The lowest BCUT2D eigenvalue weighted by Gasteiger charge is -2.20. The van der Waals surface area contributed by atoms with Gasteiger partial charge in [-0.25, -0.2) is 4.98 Å². The molecule has 0 aliphatic heterocycles. The Labute approximate surface area is 218 Å². The smallest absolute Gasteiger partial charge is 0.246 e. The van der Waals surface area contributed by atoms with Crippen molar-refractivity contribution in [2.24, 2.45) is 0 Å². The number of aromatic nitrogens is 2. The van der Waals surface area contributed by atoms with Crippen LogP contribution >= 0.6 is 11.3 Å². The summed E-state index contributed by atoms with van der Waals surface area (Å²) in [5, 5.41) is 4.55. The summed E-state index contributed by atoms with van der Waals surface area (Å²) in [7, 11) is 0. The quantitative estimate of drug-likeness (QED) is 0.208. The van der Waals surface area contributed by atoms with Gasteiger partial charge >= 0.3 is 0 Å². The number of rotatable bonds is 8. The Kier molecular flexibility index (Phi) is 6.40. The summed E-state index contributed by atoms with van der Waals surface area (Å²) in [6.45, 7) is 0.985. The van der Waals surface area contributed by atoms with Crippen molar-refractivity contribution in [2.45, 2.75) is 13.0 Å². The van der Waals surface area contributed by atoms with E-state index in [2.05, 4.69) is 58.4 Å². The fraction of sp³-hybridized carbons (Fsp3) is 0.0968. The predicted molar refractivity (Wildman–Crippen MR) is 149 cm³/mol. The molecule has 0 fully saturated rings. The van der Waals surface area contributed by atoms with Crippen LogP contribution in [0.2, 0.25) is 0 Å². The van der Waals surface area contributed by atoms with E-state index >= 15 is 0 Å². The van der Waals surface area contributed by atoms with Gasteiger partial charge in [0.05, 0.1) is 18.5 Å². The minimum Gasteiger partial charge on any atom is -0.467 e. The van der Waals surface area contributed by atoms with E-state index in [-0.39, 0.29) is 5.91 Å². The number of amides is 1. The number of hydrogen-bond donors (Lipinski definition) is 0. The number of hydrogen-bond acceptors (Lipinski definition) is 4. The molecule has 3 heterocycles. The summed E-state index contributed by atoms with van der Waals surface area (Å²) < 4.78 is 7.68. The number of carbonyl (C=O) groups excluding carboxylic acids is 1. The lowest BCUT2D eigenvalue weighted by Crippen LogP contribution is -2.31. The summed E-state index contributed by atoms with van der Waals surface area (Å²) in [5.41, 5.74) is 4.17. The van der Waals surface area contributed by atoms with Crippen LogP contribution in [-0.2, 0) is 17.8 Å². The van der Waals surface area contributed by atoms with E-state index in [1.165, 1.54) is 10.8 Å². The van der Waals surface area contributed by atoms with Gasteiger partial charge in [-0.1, -0.05) is 66.7 Å². The zero-order valence-electron chi connectivity index (χ0n) is 20.2. The van der Waals surface area contributed by atoms with Crippen molar-refractivity contribution in [3.63, 3.8) is 0 Å². The first-order valence-electron chi connectivity index (χ1n) is 12.2. The lowest BCUT2D eigenvalue weighted by atomic mass is 10.1. The van der Waals surface area contributed by atoms with Gasteiger partial charge in [-0.05, 0) is 40.6 Å². The average Bonchev–Trinajstić information content (AvgIpc) is 3.69. The van der Waals surface area contributed by atoms with Gasteiger partial charge in [0.25, 0.3) is 0 Å². The van der Waals surface area contributed by atoms with Crippen molar-refractivity contribution >= 4 is 39.1 Å². The molecule has 3 aromatic carbocycles. The number of furan rings is 1. The van der Waals surface area contributed by atoms with Crippen LogP contribution in [0.4, 0.5) is 0 Å². The van der Waals surface area contributed by atoms with Crippen LogP contribution in [0.25, 0.3) is 33.1 Å². The van der Waals surface area contributed by atoms with Crippen molar-refractivity contribution in [3.05, 3.63) is 126 Å². The maximum Gasteiger partial charge on any atom is 0.246 e. The monoisotopic (exact) mass is 503 g/mol. The number of imidazole rings is 1. The second-order valence-corrected chi connectivity index (χ2v) is 9.74. The summed E-state index contributed by atoms with van der Waals surface area (Å²) in [5.74, 6) is 0.715. The zero-order chi connectivity index (χ0) is 25.0. The molecule has 1 amide bonds. The molecule has 0 radical (unpaired) electrons. The first-order chi connectivity index (χ1) is 18.2. The maximum absolute atomic E-state index is 13.1. The number of thiazole rings is 1. The van der Waals surface area contributed by atoms with E-state index in [0.717, 1.165) is 33.2 Å². The number of benzene rings is 3. The van der Waals surface area contributed by atoms with Crippen molar-refractivity contribution in [2.75, 3.05) is 6.54 Å². The van der Waals surface area contributed by atoms with Gasteiger partial charge in [-0.15, -0.1) is 11.3 Å². The van der Waals surface area contributed by atoms with Gasteiger partial charge in [0.2, 0.25) is 5.91 Å². The van der Waals surface area contributed by atoms with Gasteiger partial charge in [0.1, 0.15) is 5.76 Å². The fourth-order valence-electron chi connectivity index (χ4n) is 4.44. The second-order valence-electron chi connectivity index (χ2n) is 8.90. The SMILES string of the molecule is O=C(C=Cc1ccccc1)N(CCc1csc2nc(-c3ccc4ccccc4c3)cn12)Cc1ccco1. The van der Waals surface area contributed by atoms with Crippen molar-refractivity contribution < 1.29 is 9.21 Å². The molecule has 0 unspecified atom stereocenters. The highest BCUT2D eigenvalue weighted by Crippen LogP contribution is 2.27. The van der Waals surface area contributed by atoms with Crippen LogP contribution in [0.3, 0.4) is 0 Å². The molecule has 0 N–H and O–H groups in total. The van der Waals surface area contributed by atoms with Crippen molar-refractivity contribution in [1.82, 2.24) is 14.3 Å². The molecule has 0 aliphatic rings. The molecule has 3 aromatic heterocycles. The summed E-state index contributed by atoms with van der Waals surface area (Å²) in [4.78, 5) is 20.8. The number of carbonyl (C=O) groups is 1.